The number of carbonyl (C=O) groups excluding carboxylic acids is 2. The Morgan fingerprint density at radius 3 is 2.21 bits per heavy atom. The normalized spacial score (nSPS) is 14.5. The Labute approximate surface area is 191 Å². The zero-order valence-electron chi connectivity index (χ0n) is 18.7. The van der Waals surface area contributed by atoms with Crippen LogP contribution in [0.15, 0.2) is 48.2 Å². The lowest BCUT2D eigenvalue weighted by Gasteiger charge is -2.33. The van der Waals surface area contributed by atoms with Gasteiger partial charge in [0.15, 0.2) is 11.5 Å². The standard InChI is InChI=1S/C23H26N4O6/c1-25-9-11-26(12-10-25)23(29)18(24-22(28)16-7-5-4-6-8-16)13-17-14-20(32-2)21(33-3)15-19(17)27(30)31/h4-8,13-15H,9-12H2,1-3H3,(H,24,28)/b18-13-. The van der Waals surface area contributed by atoms with Crippen molar-refractivity contribution in [3.8, 4) is 11.5 Å². The van der Waals surface area contributed by atoms with Gasteiger partial charge in [-0.2, -0.15) is 0 Å². The molecule has 0 saturated carbocycles. The van der Waals surface area contributed by atoms with Crippen LogP contribution >= 0.6 is 0 Å². The quantitative estimate of drug-likeness (QED) is 0.387. The van der Waals surface area contributed by atoms with Gasteiger partial charge < -0.3 is 24.6 Å². The van der Waals surface area contributed by atoms with Crippen molar-refractivity contribution in [1.82, 2.24) is 15.1 Å². The molecule has 10 nitrogen and oxygen atoms in total. The van der Waals surface area contributed by atoms with Crippen molar-refractivity contribution in [2.75, 3.05) is 47.4 Å². The minimum atomic E-state index is -0.579. The van der Waals surface area contributed by atoms with E-state index in [4.69, 9.17) is 9.47 Å². The van der Waals surface area contributed by atoms with Crippen LogP contribution in [0, 0.1) is 10.1 Å². The first-order valence-corrected chi connectivity index (χ1v) is 10.3. The number of nitro groups is 1. The first kappa shape index (κ1) is 23.7. The largest absolute Gasteiger partial charge is 0.493 e. The molecule has 10 heteroatoms. The second-order valence-electron chi connectivity index (χ2n) is 7.50. The number of ether oxygens (including phenoxy) is 2. The smallest absolute Gasteiger partial charge is 0.280 e. The average Bonchev–Trinajstić information content (AvgIpc) is 2.83. The summed E-state index contributed by atoms with van der Waals surface area (Å²) in [4.78, 5) is 41.0. The number of rotatable bonds is 7. The number of nitrogens with zero attached hydrogens (tertiary/aromatic N) is 3. The Bertz CT molecular complexity index is 1060. The molecule has 2 amide bonds. The van der Waals surface area contributed by atoms with Crippen molar-refractivity contribution in [2.45, 2.75) is 0 Å². The number of likely N-dealkylation sites (N-methyl/N-ethyl adjacent to an activating group) is 1. The molecule has 1 fully saturated rings. The van der Waals surface area contributed by atoms with E-state index in [-0.39, 0.29) is 28.4 Å². The molecule has 1 aliphatic heterocycles. The third kappa shape index (κ3) is 5.66. The number of nitro benzene ring substituents is 1. The van der Waals surface area contributed by atoms with Crippen molar-refractivity contribution in [3.63, 3.8) is 0 Å². The van der Waals surface area contributed by atoms with Crippen LogP contribution in [0.4, 0.5) is 5.69 Å². The van der Waals surface area contributed by atoms with Gasteiger partial charge in [0.2, 0.25) is 0 Å². The van der Waals surface area contributed by atoms with E-state index in [1.54, 1.807) is 35.2 Å². The first-order valence-electron chi connectivity index (χ1n) is 10.3. The fourth-order valence-corrected chi connectivity index (χ4v) is 3.43. The number of carbonyl (C=O) groups is 2. The molecule has 1 saturated heterocycles. The van der Waals surface area contributed by atoms with Gasteiger partial charge in [0.1, 0.15) is 5.70 Å². The molecular weight excluding hydrogens is 428 g/mol. The molecule has 1 heterocycles. The summed E-state index contributed by atoms with van der Waals surface area (Å²) in [6.07, 6.45) is 1.31. The molecule has 33 heavy (non-hydrogen) atoms. The number of amides is 2. The zero-order valence-corrected chi connectivity index (χ0v) is 18.7. The first-order chi connectivity index (χ1) is 15.8. The molecule has 0 radical (unpaired) electrons. The molecule has 2 aromatic carbocycles. The molecule has 0 unspecified atom stereocenters. The fourth-order valence-electron chi connectivity index (χ4n) is 3.43. The second kappa shape index (κ2) is 10.6. The lowest BCUT2D eigenvalue weighted by Crippen LogP contribution is -2.49. The number of benzene rings is 2. The van der Waals surface area contributed by atoms with Crippen molar-refractivity contribution >= 4 is 23.6 Å². The van der Waals surface area contributed by atoms with Crippen molar-refractivity contribution < 1.29 is 24.0 Å². The van der Waals surface area contributed by atoms with Gasteiger partial charge in [0.25, 0.3) is 17.5 Å². The van der Waals surface area contributed by atoms with Crippen molar-refractivity contribution in [3.05, 3.63) is 69.4 Å². The summed E-state index contributed by atoms with van der Waals surface area (Å²) in [5.74, 6) is -0.472. The molecule has 1 aliphatic rings. The predicted octanol–water partition coefficient (Wildman–Crippen LogP) is 2.16. The van der Waals surface area contributed by atoms with Crippen LogP contribution in [-0.4, -0.2) is 74.0 Å². The Hall–Kier alpha value is -3.92. The van der Waals surface area contributed by atoms with E-state index in [0.29, 0.717) is 31.7 Å². The molecular formula is C23H26N4O6. The number of methoxy groups -OCH3 is 2. The highest BCUT2D eigenvalue weighted by molar-refractivity contribution is 6.05. The number of nitrogens with one attached hydrogen (secondary N) is 1. The van der Waals surface area contributed by atoms with Gasteiger partial charge in [-0.3, -0.25) is 19.7 Å². The predicted molar refractivity (Wildman–Crippen MR) is 122 cm³/mol. The Balaban J connectivity index is 2.05. The Kier molecular flexibility index (Phi) is 7.62. The van der Waals surface area contributed by atoms with E-state index in [1.807, 2.05) is 7.05 Å². The fraction of sp³-hybridized carbons (Fsp3) is 0.304. The summed E-state index contributed by atoms with van der Waals surface area (Å²) in [6, 6.07) is 11.1. The summed E-state index contributed by atoms with van der Waals surface area (Å²) in [5.41, 5.74) is 0.105. The average molecular weight is 454 g/mol. The van der Waals surface area contributed by atoms with Crippen molar-refractivity contribution in [1.29, 1.82) is 0 Å². The summed E-state index contributed by atoms with van der Waals surface area (Å²) in [5, 5.41) is 14.4. The van der Waals surface area contributed by atoms with Crippen LogP contribution in [0.1, 0.15) is 15.9 Å². The molecule has 2 aromatic rings. The van der Waals surface area contributed by atoms with Crippen LogP contribution in [0.25, 0.3) is 6.08 Å². The highest BCUT2D eigenvalue weighted by atomic mass is 16.6. The van der Waals surface area contributed by atoms with E-state index in [1.165, 1.54) is 32.4 Å². The third-order valence-corrected chi connectivity index (χ3v) is 5.33. The summed E-state index contributed by atoms with van der Waals surface area (Å²) in [7, 11) is 4.74. The summed E-state index contributed by atoms with van der Waals surface area (Å²) >= 11 is 0. The van der Waals surface area contributed by atoms with E-state index >= 15 is 0 Å². The van der Waals surface area contributed by atoms with Gasteiger partial charge in [0.05, 0.1) is 30.8 Å². The Morgan fingerprint density at radius 2 is 1.64 bits per heavy atom. The van der Waals surface area contributed by atoms with Crippen LogP contribution in [0.5, 0.6) is 11.5 Å². The SMILES string of the molecule is COc1cc(/C=C(\NC(=O)c2ccccc2)C(=O)N2CCN(C)CC2)c([N+](=O)[O-])cc1OC. The van der Waals surface area contributed by atoms with E-state index in [9.17, 15) is 19.7 Å². The molecule has 1 N–H and O–H groups in total. The van der Waals surface area contributed by atoms with Gasteiger partial charge >= 0.3 is 0 Å². The monoisotopic (exact) mass is 454 g/mol. The van der Waals surface area contributed by atoms with Crippen LogP contribution in [-0.2, 0) is 4.79 Å². The van der Waals surface area contributed by atoms with Crippen molar-refractivity contribution in [2.24, 2.45) is 0 Å². The molecule has 0 aliphatic carbocycles. The Morgan fingerprint density at radius 1 is 1.03 bits per heavy atom. The maximum atomic E-state index is 13.3. The zero-order chi connectivity index (χ0) is 24.0. The maximum absolute atomic E-state index is 13.3. The number of hydrogen-bond acceptors (Lipinski definition) is 7. The lowest BCUT2D eigenvalue weighted by molar-refractivity contribution is -0.385. The third-order valence-electron chi connectivity index (χ3n) is 5.33. The van der Waals surface area contributed by atoms with Gasteiger partial charge in [-0.1, -0.05) is 18.2 Å². The number of piperazine rings is 1. The van der Waals surface area contributed by atoms with E-state index in [0.717, 1.165) is 0 Å². The highest BCUT2D eigenvalue weighted by Crippen LogP contribution is 2.35. The molecule has 174 valence electrons. The second-order valence-corrected chi connectivity index (χ2v) is 7.50. The minimum Gasteiger partial charge on any atom is -0.493 e. The lowest BCUT2D eigenvalue weighted by atomic mass is 10.1. The van der Waals surface area contributed by atoms with Crippen LogP contribution in [0.2, 0.25) is 0 Å². The van der Waals surface area contributed by atoms with Gasteiger partial charge in [-0.15, -0.1) is 0 Å². The maximum Gasteiger partial charge on any atom is 0.280 e. The highest BCUT2D eigenvalue weighted by Gasteiger charge is 2.26. The van der Waals surface area contributed by atoms with Crippen LogP contribution in [0.3, 0.4) is 0 Å². The molecule has 0 atom stereocenters. The van der Waals surface area contributed by atoms with E-state index in [2.05, 4.69) is 10.2 Å². The summed E-state index contributed by atoms with van der Waals surface area (Å²) < 4.78 is 10.4. The minimum absolute atomic E-state index is 0.0660. The molecule has 0 spiro atoms. The number of hydrogen-bond donors (Lipinski definition) is 1. The van der Waals surface area contributed by atoms with Gasteiger partial charge in [0, 0.05) is 31.7 Å². The molecule has 0 aromatic heterocycles. The topological polar surface area (TPSA) is 114 Å². The van der Waals surface area contributed by atoms with E-state index < -0.39 is 16.7 Å². The van der Waals surface area contributed by atoms with Gasteiger partial charge in [-0.25, -0.2) is 0 Å². The van der Waals surface area contributed by atoms with Crippen LogP contribution < -0.4 is 14.8 Å². The summed E-state index contributed by atoms with van der Waals surface area (Å²) in [6.45, 7) is 2.31. The van der Waals surface area contributed by atoms with Gasteiger partial charge in [-0.05, 0) is 31.3 Å². The molecule has 3 rings (SSSR count). The molecule has 0 bridgehead atoms.